The molecule has 1 unspecified atom stereocenters. The monoisotopic (exact) mass is 343 g/mol. The van der Waals surface area contributed by atoms with Crippen LogP contribution in [0.2, 0.25) is 0 Å². The molecule has 2 aromatic rings. The second kappa shape index (κ2) is 5.54. The van der Waals surface area contributed by atoms with Gasteiger partial charge in [0.1, 0.15) is 0 Å². The smallest absolute Gasteiger partial charge is 0.307 e. The standard InChI is InChI=1S/C18H21N3O4/c1-9-7-12(14-10(2)21-25-16(14)19-9)15(22)20-11-3-5-18(6-4-11)8-13(18)17(23)24/h7,11,13H,3-6,8H2,1-2H3,(H,20,22)(H,23,24). The predicted octanol–water partition coefficient (Wildman–Crippen LogP) is 2.60. The average Bonchev–Trinajstić information content (AvgIpc) is 3.16. The molecule has 7 heteroatoms. The first-order valence-corrected chi connectivity index (χ1v) is 8.67. The van der Waals surface area contributed by atoms with Gasteiger partial charge in [0, 0.05) is 11.7 Å². The normalized spacial score (nSPS) is 28.2. The number of aliphatic carboxylic acids is 1. The summed E-state index contributed by atoms with van der Waals surface area (Å²) in [7, 11) is 0. The van der Waals surface area contributed by atoms with E-state index < -0.39 is 5.97 Å². The van der Waals surface area contributed by atoms with Crippen molar-refractivity contribution in [3.05, 3.63) is 23.0 Å². The summed E-state index contributed by atoms with van der Waals surface area (Å²) < 4.78 is 5.18. The predicted molar refractivity (Wildman–Crippen MR) is 89.2 cm³/mol. The molecule has 1 atom stereocenters. The van der Waals surface area contributed by atoms with Crippen molar-refractivity contribution in [2.75, 3.05) is 0 Å². The number of nitrogens with one attached hydrogen (secondary N) is 1. The Morgan fingerprint density at radius 2 is 2.04 bits per heavy atom. The van der Waals surface area contributed by atoms with E-state index in [-0.39, 0.29) is 23.3 Å². The van der Waals surface area contributed by atoms with E-state index in [0.29, 0.717) is 28.1 Å². The fourth-order valence-corrected chi connectivity index (χ4v) is 4.25. The van der Waals surface area contributed by atoms with Gasteiger partial charge in [0.15, 0.2) is 0 Å². The van der Waals surface area contributed by atoms with Crippen molar-refractivity contribution >= 4 is 23.0 Å². The van der Waals surface area contributed by atoms with Gasteiger partial charge in [0.05, 0.1) is 22.6 Å². The Morgan fingerprint density at radius 1 is 1.32 bits per heavy atom. The lowest BCUT2D eigenvalue weighted by Gasteiger charge is -2.29. The van der Waals surface area contributed by atoms with E-state index in [1.54, 1.807) is 13.0 Å². The molecule has 132 valence electrons. The van der Waals surface area contributed by atoms with E-state index in [9.17, 15) is 14.7 Å². The molecule has 2 saturated carbocycles. The number of carboxylic acids is 1. The van der Waals surface area contributed by atoms with Gasteiger partial charge in [-0.05, 0) is 57.4 Å². The molecule has 2 fully saturated rings. The van der Waals surface area contributed by atoms with Crippen molar-refractivity contribution in [2.45, 2.75) is 52.0 Å². The zero-order valence-corrected chi connectivity index (χ0v) is 14.3. The largest absolute Gasteiger partial charge is 0.481 e. The van der Waals surface area contributed by atoms with Crippen LogP contribution < -0.4 is 5.32 Å². The molecule has 2 aliphatic carbocycles. The number of carboxylic acid groups (broad SMARTS) is 1. The fourth-order valence-electron chi connectivity index (χ4n) is 4.25. The quantitative estimate of drug-likeness (QED) is 0.887. The number of pyridine rings is 1. The number of nitrogens with zero attached hydrogens (tertiary/aromatic N) is 2. The molecule has 2 N–H and O–H groups in total. The highest BCUT2D eigenvalue weighted by Gasteiger charge is 2.58. The molecular weight excluding hydrogens is 322 g/mol. The average molecular weight is 343 g/mol. The zero-order chi connectivity index (χ0) is 17.8. The fraction of sp³-hybridized carbons (Fsp3) is 0.556. The highest BCUT2D eigenvalue weighted by Crippen LogP contribution is 2.61. The molecule has 2 aromatic heterocycles. The third-order valence-corrected chi connectivity index (χ3v) is 5.79. The van der Waals surface area contributed by atoms with Crippen molar-refractivity contribution in [3.8, 4) is 0 Å². The SMILES string of the molecule is Cc1cc(C(=O)NC2CCC3(CC2)CC3C(=O)O)c2c(C)noc2n1. The van der Waals surface area contributed by atoms with Gasteiger partial charge in [-0.15, -0.1) is 0 Å². The van der Waals surface area contributed by atoms with Crippen LogP contribution in [0.1, 0.15) is 53.8 Å². The summed E-state index contributed by atoms with van der Waals surface area (Å²) in [6, 6.07) is 1.84. The summed E-state index contributed by atoms with van der Waals surface area (Å²) in [5, 5.41) is 16.8. The van der Waals surface area contributed by atoms with E-state index in [0.717, 1.165) is 32.1 Å². The Hall–Kier alpha value is -2.44. The molecule has 0 bridgehead atoms. The number of hydrogen-bond donors (Lipinski definition) is 2. The van der Waals surface area contributed by atoms with E-state index in [1.807, 2.05) is 6.92 Å². The third kappa shape index (κ3) is 2.67. The number of carbonyl (C=O) groups is 2. The van der Waals surface area contributed by atoms with Crippen molar-refractivity contribution in [1.82, 2.24) is 15.5 Å². The molecule has 0 aromatic carbocycles. The number of hydrogen-bond acceptors (Lipinski definition) is 5. The lowest BCUT2D eigenvalue weighted by molar-refractivity contribution is -0.139. The number of aromatic nitrogens is 2. The van der Waals surface area contributed by atoms with Gasteiger partial charge < -0.3 is 14.9 Å². The van der Waals surface area contributed by atoms with Gasteiger partial charge in [-0.1, -0.05) is 5.16 Å². The number of carbonyl (C=O) groups excluding carboxylic acids is 1. The topological polar surface area (TPSA) is 105 Å². The van der Waals surface area contributed by atoms with Crippen LogP contribution in [0, 0.1) is 25.2 Å². The minimum atomic E-state index is -0.680. The van der Waals surface area contributed by atoms with E-state index in [2.05, 4.69) is 15.5 Å². The lowest BCUT2D eigenvalue weighted by atomic mass is 9.81. The maximum Gasteiger partial charge on any atom is 0.307 e. The van der Waals surface area contributed by atoms with Crippen LogP contribution in [0.4, 0.5) is 0 Å². The van der Waals surface area contributed by atoms with Crippen molar-refractivity contribution in [3.63, 3.8) is 0 Å². The van der Waals surface area contributed by atoms with Gasteiger partial charge in [-0.2, -0.15) is 0 Å². The molecule has 25 heavy (non-hydrogen) atoms. The lowest BCUT2D eigenvalue weighted by Crippen LogP contribution is -2.38. The van der Waals surface area contributed by atoms with Gasteiger partial charge in [0.2, 0.25) is 0 Å². The highest BCUT2D eigenvalue weighted by atomic mass is 16.5. The summed E-state index contributed by atoms with van der Waals surface area (Å²) in [6.45, 7) is 3.61. The maximum absolute atomic E-state index is 12.8. The first kappa shape index (κ1) is 16.1. The van der Waals surface area contributed by atoms with Crippen molar-refractivity contribution < 1.29 is 19.2 Å². The van der Waals surface area contributed by atoms with Crippen LogP contribution in [-0.4, -0.2) is 33.2 Å². The molecule has 0 saturated heterocycles. The summed E-state index contributed by atoms with van der Waals surface area (Å²) >= 11 is 0. The van der Waals surface area contributed by atoms with Gasteiger partial charge >= 0.3 is 5.97 Å². The van der Waals surface area contributed by atoms with Crippen LogP contribution >= 0.6 is 0 Å². The Kier molecular flexibility index (Phi) is 3.56. The molecule has 1 amide bonds. The second-order valence-corrected chi connectivity index (χ2v) is 7.46. The summed E-state index contributed by atoms with van der Waals surface area (Å²) in [6.07, 6.45) is 4.17. The molecule has 0 aliphatic heterocycles. The Bertz CT molecular complexity index is 865. The summed E-state index contributed by atoms with van der Waals surface area (Å²) in [5.41, 5.74) is 2.26. The first-order valence-electron chi connectivity index (χ1n) is 8.67. The number of aryl methyl sites for hydroxylation is 2. The van der Waals surface area contributed by atoms with Crippen LogP contribution in [0.3, 0.4) is 0 Å². The molecule has 0 radical (unpaired) electrons. The van der Waals surface area contributed by atoms with Crippen LogP contribution in [0.15, 0.2) is 10.6 Å². The van der Waals surface area contributed by atoms with Crippen LogP contribution in [0.5, 0.6) is 0 Å². The highest BCUT2D eigenvalue weighted by molar-refractivity contribution is 6.06. The van der Waals surface area contributed by atoms with Crippen LogP contribution in [-0.2, 0) is 4.79 Å². The van der Waals surface area contributed by atoms with Gasteiger partial charge in [0.25, 0.3) is 11.6 Å². The van der Waals surface area contributed by atoms with Crippen molar-refractivity contribution in [2.24, 2.45) is 11.3 Å². The van der Waals surface area contributed by atoms with Crippen molar-refractivity contribution in [1.29, 1.82) is 0 Å². The minimum absolute atomic E-state index is 0.0152. The van der Waals surface area contributed by atoms with Crippen LogP contribution in [0.25, 0.3) is 11.1 Å². The van der Waals surface area contributed by atoms with E-state index in [1.165, 1.54) is 0 Å². The molecule has 2 aliphatic rings. The Morgan fingerprint density at radius 3 is 2.68 bits per heavy atom. The second-order valence-electron chi connectivity index (χ2n) is 7.46. The Labute approximate surface area is 144 Å². The number of amides is 1. The molecule has 2 heterocycles. The van der Waals surface area contributed by atoms with Gasteiger partial charge in [-0.25, -0.2) is 4.98 Å². The molecule has 7 nitrogen and oxygen atoms in total. The third-order valence-electron chi connectivity index (χ3n) is 5.79. The minimum Gasteiger partial charge on any atom is -0.481 e. The molecule has 1 spiro atoms. The molecular formula is C18H21N3O4. The number of fused-ring (bicyclic) bond motifs is 1. The molecule has 4 rings (SSSR count). The maximum atomic E-state index is 12.8. The summed E-state index contributed by atoms with van der Waals surface area (Å²) in [5.74, 6) is -1.01. The Balaban J connectivity index is 1.47. The first-order chi connectivity index (χ1) is 11.9. The zero-order valence-electron chi connectivity index (χ0n) is 14.3. The van der Waals surface area contributed by atoms with E-state index >= 15 is 0 Å². The summed E-state index contributed by atoms with van der Waals surface area (Å²) in [4.78, 5) is 28.2. The van der Waals surface area contributed by atoms with E-state index in [4.69, 9.17) is 4.52 Å². The number of rotatable bonds is 3. The van der Waals surface area contributed by atoms with Gasteiger partial charge in [-0.3, -0.25) is 9.59 Å².